The van der Waals surface area contributed by atoms with E-state index in [0.29, 0.717) is 12.8 Å². The number of aliphatic hydroxyl groups is 1. The SMILES string of the molecule is CCCCCCCCCC(O)CC(=O)NC(CC(N)=O)C(=O)NC(CCC(N)=O)C(=O)NC(CC(C)C)OC. The largest absolute Gasteiger partial charge is 0.393 e. The first-order valence-electron chi connectivity index (χ1n) is 14.1. The lowest BCUT2D eigenvalue weighted by atomic mass is 10.0. The molecule has 0 saturated heterocycles. The van der Waals surface area contributed by atoms with Gasteiger partial charge in [0.05, 0.1) is 18.9 Å². The lowest BCUT2D eigenvalue weighted by Crippen LogP contribution is -2.56. The van der Waals surface area contributed by atoms with Gasteiger partial charge in [0.25, 0.3) is 0 Å². The molecule has 0 aliphatic carbocycles. The minimum absolute atomic E-state index is 0.0978. The number of nitrogens with one attached hydrogen (secondary N) is 3. The van der Waals surface area contributed by atoms with E-state index in [1.165, 1.54) is 26.4 Å². The maximum Gasteiger partial charge on any atom is 0.244 e. The summed E-state index contributed by atoms with van der Waals surface area (Å²) >= 11 is 0. The standard InChI is InChI=1S/C27H51N5O7/c1-5-6-7-8-9-10-11-12-19(33)16-24(36)30-21(17-23(29)35)27(38)31-20(13-14-22(28)34)26(37)32-25(39-4)15-18(2)3/h18-21,25,33H,5-17H2,1-4H3,(H2,28,34)(H2,29,35)(H,30,36)(H,31,38)(H,32,37). The van der Waals surface area contributed by atoms with Crippen LogP contribution < -0.4 is 27.4 Å². The van der Waals surface area contributed by atoms with E-state index < -0.39 is 60.4 Å². The molecule has 5 amide bonds. The van der Waals surface area contributed by atoms with Crippen LogP contribution in [0.4, 0.5) is 0 Å². The van der Waals surface area contributed by atoms with Gasteiger partial charge >= 0.3 is 0 Å². The number of unbranched alkanes of at least 4 members (excludes halogenated alkanes) is 6. The molecule has 4 atom stereocenters. The van der Waals surface area contributed by atoms with Gasteiger partial charge in [-0.1, -0.05) is 65.7 Å². The van der Waals surface area contributed by atoms with Crippen LogP contribution in [0.3, 0.4) is 0 Å². The summed E-state index contributed by atoms with van der Waals surface area (Å²) in [6.07, 6.45) is 5.97. The molecule has 0 spiro atoms. The molecule has 0 aromatic carbocycles. The summed E-state index contributed by atoms with van der Waals surface area (Å²) in [5, 5.41) is 17.8. The Morgan fingerprint density at radius 1 is 0.769 bits per heavy atom. The highest BCUT2D eigenvalue weighted by Gasteiger charge is 2.29. The number of carbonyl (C=O) groups is 5. The molecule has 8 N–H and O–H groups in total. The van der Waals surface area contributed by atoms with Crippen LogP contribution in [0, 0.1) is 5.92 Å². The molecule has 39 heavy (non-hydrogen) atoms. The summed E-state index contributed by atoms with van der Waals surface area (Å²) in [6.45, 7) is 6.06. The Kier molecular flexibility index (Phi) is 19.7. The van der Waals surface area contributed by atoms with Crippen molar-refractivity contribution in [2.75, 3.05) is 7.11 Å². The smallest absolute Gasteiger partial charge is 0.244 e. The number of hydrogen-bond donors (Lipinski definition) is 6. The summed E-state index contributed by atoms with van der Waals surface area (Å²) in [4.78, 5) is 61.3. The van der Waals surface area contributed by atoms with Crippen LogP contribution in [0.5, 0.6) is 0 Å². The molecule has 0 radical (unpaired) electrons. The van der Waals surface area contributed by atoms with Crippen molar-refractivity contribution < 1.29 is 33.8 Å². The van der Waals surface area contributed by atoms with E-state index >= 15 is 0 Å². The second kappa shape index (κ2) is 21.1. The summed E-state index contributed by atoms with van der Waals surface area (Å²) in [5.74, 6) is -3.35. The molecule has 0 aromatic rings. The fourth-order valence-electron chi connectivity index (χ4n) is 4.05. The van der Waals surface area contributed by atoms with Crippen molar-refractivity contribution in [1.29, 1.82) is 0 Å². The second-order valence-corrected chi connectivity index (χ2v) is 10.5. The maximum absolute atomic E-state index is 13.0. The molecule has 0 heterocycles. The number of amides is 5. The van der Waals surface area contributed by atoms with Gasteiger partial charge in [-0.25, -0.2) is 0 Å². The lowest BCUT2D eigenvalue weighted by Gasteiger charge is -2.25. The fourth-order valence-corrected chi connectivity index (χ4v) is 4.05. The number of nitrogens with two attached hydrogens (primary N) is 2. The molecule has 0 aromatic heterocycles. The van der Waals surface area contributed by atoms with E-state index in [4.69, 9.17) is 16.2 Å². The molecule has 12 heteroatoms. The minimum atomic E-state index is -1.36. The van der Waals surface area contributed by atoms with E-state index in [1.54, 1.807) is 0 Å². The Morgan fingerprint density at radius 2 is 1.36 bits per heavy atom. The molecule has 0 aliphatic rings. The van der Waals surface area contributed by atoms with Crippen molar-refractivity contribution in [2.24, 2.45) is 17.4 Å². The van der Waals surface area contributed by atoms with E-state index in [2.05, 4.69) is 22.9 Å². The normalized spacial score (nSPS) is 14.2. The Morgan fingerprint density at radius 3 is 1.90 bits per heavy atom. The Balaban J connectivity index is 5.10. The summed E-state index contributed by atoms with van der Waals surface area (Å²) in [5.41, 5.74) is 10.5. The topological polar surface area (TPSA) is 203 Å². The molecule has 0 saturated carbocycles. The first-order chi connectivity index (χ1) is 18.4. The summed E-state index contributed by atoms with van der Waals surface area (Å²) in [7, 11) is 1.44. The van der Waals surface area contributed by atoms with Crippen molar-refractivity contribution in [3.05, 3.63) is 0 Å². The van der Waals surface area contributed by atoms with Gasteiger partial charge in [-0.2, -0.15) is 0 Å². The maximum atomic E-state index is 13.0. The monoisotopic (exact) mass is 557 g/mol. The summed E-state index contributed by atoms with van der Waals surface area (Å²) < 4.78 is 5.28. The van der Waals surface area contributed by atoms with Crippen molar-refractivity contribution in [1.82, 2.24) is 16.0 Å². The van der Waals surface area contributed by atoms with Crippen molar-refractivity contribution in [3.8, 4) is 0 Å². The average molecular weight is 558 g/mol. The number of aliphatic hydroxyl groups excluding tert-OH is 1. The molecule has 4 unspecified atom stereocenters. The van der Waals surface area contributed by atoms with Gasteiger partial charge in [0.15, 0.2) is 0 Å². The Labute approximate surface area is 232 Å². The van der Waals surface area contributed by atoms with Crippen LogP contribution in [0.1, 0.15) is 104 Å². The molecule has 0 fully saturated rings. The number of carbonyl (C=O) groups excluding carboxylic acids is 5. The van der Waals surface area contributed by atoms with Crippen LogP contribution in [-0.4, -0.2) is 66.2 Å². The minimum Gasteiger partial charge on any atom is -0.393 e. The molecule has 12 nitrogen and oxygen atoms in total. The highest BCUT2D eigenvalue weighted by atomic mass is 16.5. The highest BCUT2D eigenvalue weighted by molar-refractivity contribution is 5.94. The molecular formula is C27H51N5O7. The first-order valence-corrected chi connectivity index (χ1v) is 14.1. The van der Waals surface area contributed by atoms with E-state index in [-0.39, 0.29) is 25.2 Å². The lowest BCUT2D eigenvalue weighted by molar-refractivity contribution is -0.135. The third-order valence-electron chi connectivity index (χ3n) is 6.20. The van der Waals surface area contributed by atoms with Crippen molar-refractivity contribution >= 4 is 29.5 Å². The Bertz CT molecular complexity index is 763. The number of primary amides is 2. The number of methoxy groups -OCH3 is 1. The van der Waals surface area contributed by atoms with Gasteiger partial charge in [-0.05, 0) is 25.2 Å². The van der Waals surface area contributed by atoms with Crippen LogP contribution in [-0.2, 0) is 28.7 Å². The highest BCUT2D eigenvalue weighted by Crippen LogP contribution is 2.12. The Hall–Kier alpha value is -2.73. The van der Waals surface area contributed by atoms with E-state index in [9.17, 15) is 29.1 Å². The molecule has 0 bridgehead atoms. The van der Waals surface area contributed by atoms with Crippen LogP contribution in [0.2, 0.25) is 0 Å². The van der Waals surface area contributed by atoms with Crippen molar-refractivity contribution in [3.63, 3.8) is 0 Å². The van der Waals surface area contributed by atoms with Crippen LogP contribution in [0.25, 0.3) is 0 Å². The molecule has 0 aliphatic heterocycles. The van der Waals surface area contributed by atoms with Gasteiger partial charge in [-0.3, -0.25) is 24.0 Å². The molecule has 0 rings (SSSR count). The van der Waals surface area contributed by atoms with Crippen molar-refractivity contribution in [2.45, 2.75) is 129 Å². The molecular weight excluding hydrogens is 506 g/mol. The predicted molar refractivity (Wildman–Crippen MR) is 148 cm³/mol. The predicted octanol–water partition coefficient (Wildman–Crippen LogP) is 1.12. The molecule has 226 valence electrons. The van der Waals surface area contributed by atoms with E-state index in [1.807, 2.05) is 13.8 Å². The van der Waals surface area contributed by atoms with E-state index in [0.717, 1.165) is 25.7 Å². The van der Waals surface area contributed by atoms with Gasteiger partial charge in [-0.15, -0.1) is 0 Å². The zero-order chi connectivity index (χ0) is 29.8. The number of hydrogen-bond acceptors (Lipinski definition) is 7. The van der Waals surface area contributed by atoms with Crippen LogP contribution in [0.15, 0.2) is 0 Å². The second-order valence-electron chi connectivity index (χ2n) is 10.5. The van der Waals surface area contributed by atoms with Crippen LogP contribution >= 0.6 is 0 Å². The van der Waals surface area contributed by atoms with Gasteiger partial charge in [0.1, 0.15) is 18.3 Å². The third kappa shape index (κ3) is 19.0. The van der Waals surface area contributed by atoms with Gasteiger partial charge in [0, 0.05) is 13.5 Å². The first kappa shape index (κ1) is 36.3. The third-order valence-corrected chi connectivity index (χ3v) is 6.20. The zero-order valence-corrected chi connectivity index (χ0v) is 24.1. The van der Waals surface area contributed by atoms with Gasteiger partial charge < -0.3 is 37.3 Å². The average Bonchev–Trinajstić information content (AvgIpc) is 2.84. The number of ether oxygens (including phenoxy) is 1. The van der Waals surface area contributed by atoms with Gasteiger partial charge in [0.2, 0.25) is 29.5 Å². The fraction of sp³-hybridized carbons (Fsp3) is 0.815. The number of rotatable bonds is 23. The quantitative estimate of drug-likeness (QED) is 0.0797. The zero-order valence-electron chi connectivity index (χ0n) is 24.1. The summed E-state index contributed by atoms with van der Waals surface area (Å²) in [6, 6.07) is -2.54.